The minimum Gasteiger partial charge on any atom is -0.491 e. The first-order valence-electron chi connectivity index (χ1n) is 6.09. The zero-order valence-electron chi connectivity index (χ0n) is 11.2. The van der Waals surface area contributed by atoms with Gasteiger partial charge in [-0.3, -0.25) is 0 Å². The maximum Gasteiger partial charge on any atom is 0.418 e. The standard InChI is InChI=1S/C13H16F3NO3/c1-12(2)19-7-9(20-12)6-18-8-3-4-11(17)10(5-8)13(14,15)16/h3-5,9H,6-7,17H2,1-2H3. The van der Waals surface area contributed by atoms with Crippen molar-refractivity contribution >= 4 is 5.69 Å². The summed E-state index contributed by atoms with van der Waals surface area (Å²) in [4.78, 5) is 0. The lowest BCUT2D eigenvalue weighted by molar-refractivity contribution is -0.141. The quantitative estimate of drug-likeness (QED) is 0.870. The third-order valence-corrected chi connectivity index (χ3v) is 2.83. The fraction of sp³-hybridized carbons (Fsp3) is 0.538. The Morgan fingerprint density at radius 1 is 1.40 bits per heavy atom. The number of nitrogen functional groups attached to an aromatic ring is 1. The summed E-state index contributed by atoms with van der Waals surface area (Å²) in [7, 11) is 0. The number of rotatable bonds is 3. The molecule has 2 rings (SSSR count). The van der Waals surface area contributed by atoms with Crippen molar-refractivity contribution in [2.45, 2.75) is 31.9 Å². The predicted octanol–water partition coefficient (Wildman–Crippen LogP) is 2.82. The van der Waals surface area contributed by atoms with E-state index in [1.54, 1.807) is 13.8 Å². The summed E-state index contributed by atoms with van der Waals surface area (Å²) in [5, 5.41) is 0. The second-order valence-corrected chi connectivity index (χ2v) is 5.01. The van der Waals surface area contributed by atoms with Gasteiger partial charge in [-0.05, 0) is 32.0 Å². The number of benzene rings is 1. The van der Waals surface area contributed by atoms with E-state index in [2.05, 4.69) is 0 Å². The van der Waals surface area contributed by atoms with E-state index in [9.17, 15) is 13.2 Å². The summed E-state index contributed by atoms with van der Waals surface area (Å²) >= 11 is 0. The number of alkyl halides is 3. The molecule has 1 aliphatic heterocycles. The molecular weight excluding hydrogens is 275 g/mol. The highest BCUT2D eigenvalue weighted by molar-refractivity contribution is 5.51. The Balaban J connectivity index is 2.01. The molecule has 1 unspecified atom stereocenters. The van der Waals surface area contributed by atoms with E-state index in [4.69, 9.17) is 19.9 Å². The molecule has 0 aliphatic carbocycles. The van der Waals surface area contributed by atoms with Crippen LogP contribution in [0.15, 0.2) is 18.2 Å². The molecule has 7 heteroatoms. The summed E-state index contributed by atoms with van der Waals surface area (Å²) in [6.07, 6.45) is -4.81. The molecule has 1 heterocycles. The minimum absolute atomic E-state index is 0.0971. The predicted molar refractivity (Wildman–Crippen MR) is 66.3 cm³/mol. The van der Waals surface area contributed by atoms with Gasteiger partial charge in [0, 0.05) is 5.69 Å². The van der Waals surface area contributed by atoms with Gasteiger partial charge in [0.1, 0.15) is 18.5 Å². The Morgan fingerprint density at radius 2 is 2.10 bits per heavy atom. The van der Waals surface area contributed by atoms with Crippen molar-refractivity contribution in [3.05, 3.63) is 23.8 Å². The van der Waals surface area contributed by atoms with Crippen LogP contribution in [0.3, 0.4) is 0 Å². The molecule has 4 nitrogen and oxygen atoms in total. The molecular formula is C13H16F3NO3. The summed E-state index contributed by atoms with van der Waals surface area (Å²) in [5.74, 6) is -0.591. The molecule has 0 amide bonds. The van der Waals surface area contributed by atoms with Crippen LogP contribution in [0, 0.1) is 0 Å². The number of ether oxygens (including phenoxy) is 3. The van der Waals surface area contributed by atoms with E-state index in [1.807, 2.05) is 0 Å². The van der Waals surface area contributed by atoms with Crippen molar-refractivity contribution in [1.29, 1.82) is 0 Å². The molecule has 1 saturated heterocycles. The van der Waals surface area contributed by atoms with Crippen molar-refractivity contribution in [3.63, 3.8) is 0 Å². The van der Waals surface area contributed by atoms with Crippen LogP contribution in [0.5, 0.6) is 5.75 Å². The maximum atomic E-state index is 12.7. The Labute approximate surface area is 114 Å². The third kappa shape index (κ3) is 3.55. The number of anilines is 1. The molecule has 1 atom stereocenters. The van der Waals surface area contributed by atoms with Crippen molar-refractivity contribution in [2.75, 3.05) is 18.9 Å². The van der Waals surface area contributed by atoms with Crippen LogP contribution < -0.4 is 10.5 Å². The van der Waals surface area contributed by atoms with Crippen molar-refractivity contribution in [2.24, 2.45) is 0 Å². The SMILES string of the molecule is CC1(C)OCC(COc2ccc(N)c(C(F)(F)F)c2)O1. The topological polar surface area (TPSA) is 53.7 Å². The normalized spacial score (nSPS) is 21.9. The highest BCUT2D eigenvalue weighted by atomic mass is 19.4. The first-order chi connectivity index (χ1) is 9.17. The Morgan fingerprint density at radius 3 is 2.65 bits per heavy atom. The smallest absolute Gasteiger partial charge is 0.418 e. The number of hydrogen-bond acceptors (Lipinski definition) is 4. The lowest BCUT2D eigenvalue weighted by Gasteiger charge is -2.17. The molecule has 20 heavy (non-hydrogen) atoms. The highest BCUT2D eigenvalue weighted by Gasteiger charge is 2.34. The molecule has 1 aliphatic rings. The molecule has 0 bridgehead atoms. The van der Waals surface area contributed by atoms with Gasteiger partial charge in [0.25, 0.3) is 0 Å². The van der Waals surface area contributed by atoms with Gasteiger partial charge >= 0.3 is 6.18 Å². The van der Waals surface area contributed by atoms with Crippen LogP contribution in [0.25, 0.3) is 0 Å². The van der Waals surface area contributed by atoms with Gasteiger partial charge in [0.05, 0.1) is 12.2 Å². The summed E-state index contributed by atoms with van der Waals surface area (Å²) in [5.41, 5.74) is 4.08. The minimum atomic E-state index is -4.50. The van der Waals surface area contributed by atoms with Crippen molar-refractivity contribution < 1.29 is 27.4 Å². The lowest BCUT2D eigenvalue weighted by Crippen LogP contribution is -2.25. The molecule has 2 N–H and O–H groups in total. The maximum absolute atomic E-state index is 12.7. The average Bonchev–Trinajstić information content (AvgIpc) is 2.66. The zero-order chi connectivity index (χ0) is 15.0. The van der Waals surface area contributed by atoms with Gasteiger partial charge in [-0.25, -0.2) is 0 Å². The van der Waals surface area contributed by atoms with Gasteiger partial charge in [-0.1, -0.05) is 0 Å². The second-order valence-electron chi connectivity index (χ2n) is 5.01. The van der Waals surface area contributed by atoms with Crippen LogP contribution >= 0.6 is 0 Å². The average molecular weight is 291 g/mol. The van der Waals surface area contributed by atoms with Crippen LogP contribution in [0.1, 0.15) is 19.4 Å². The van der Waals surface area contributed by atoms with Gasteiger partial charge in [-0.2, -0.15) is 13.2 Å². The van der Waals surface area contributed by atoms with E-state index < -0.39 is 17.5 Å². The third-order valence-electron chi connectivity index (χ3n) is 2.83. The molecule has 0 aromatic heterocycles. The van der Waals surface area contributed by atoms with Crippen LogP contribution in [0.2, 0.25) is 0 Å². The lowest BCUT2D eigenvalue weighted by atomic mass is 10.1. The van der Waals surface area contributed by atoms with E-state index in [1.165, 1.54) is 12.1 Å². The van der Waals surface area contributed by atoms with Gasteiger partial charge in [0.2, 0.25) is 0 Å². The number of halogens is 3. The summed E-state index contributed by atoms with van der Waals surface area (Å²) < 4.78 is 54.2. The van der Waals surface area contributed by atoms with Crippen LogP contribution in [0.4, 0.5) is 18.9 Å². The summed E-state index contributed by atoms with van der Waals surface area (Å²) in [6.45, 7) is 3.98. The van der Waals surface area contributed by atoms with E-state index >= 15 is 0 Å². The molecule has 1 aromatic rings. The largest absolute Gasteiger partial charge is 0.491 e. The van der Waals surface area contributed by atoms with Gasteiger partial charge in [0.15, 0.2) is 5.79 Å². The number of hydrogen-bond donors (Lipinski definition) is 1. The zero-order valence-corrected chi connectivity index (χ0v) is 11.2. The highest BCUT2D eigenvalue weighted by Crippen LogP contribution is 2.35. The monoisotopic (exact) mass is 291 g/mol. The Hall–Kier alpha value is -1.47. The Kier molecular flexibility index (Phi) is 3.84. The van der Waals surface area contributed by atoms with Crippen molar-refractivity contribution in [1.82, 2.24) is 0 Å². The number of nitrogens with two attached hydrogens (primary N) is 1. The van der Waals surface area contributed by atoms with Crippen molar-refractivity contribution in [3.8, 4) is 5.75 Å². The molecule has 0 radical (unpaired) electrons. The van der Waals surface area contributed by atoms with E-state index in [0.717, 1.165) is 6.07 Å². The molecule has 112 valence electrons. The van der Waals surface area contributed by atoms with Gasteiger partial charge < -0.3 is 19.9 Å². The van der Waals surface area contributed by atoms with Gasteiger partial charge in [-0.15, -0.1) is 0 Å². The molecule has 0 spiro atoms. The second kappa shape index (κ2) is 5.14. The fourth-order valence-corrected chi connectivity index (χ4v) is 1.91. The molecule has 1 aromatic carbocycles. The Bertz CT molecular complexity index is 488. The van der Waals surface area contributed by atoms with E-state index in [-0.39, 0.29) is 24.1 Å². The fourth-order valence-electron chi connectivity index (χ4n) is 1.91. The molecule has 1 fully saturated rings. The van der Waals surface area contributed by atoms with E-state index in [0.29, 0.717) is 6.61 Å². The van der Waals surface area contributed by atoms with Crippen LogP contribution in [-0.2, 0) is 15.7 Å². The first-order valence-corrected chi connectivity index (χ1v) is 6.09. The first kappa shape index (κ1) is 14.9. The van der Waals surface area contributed by atoms with Crippen LogP contribution in [-0.4, -0.2) is 25.1 Å². The molecule has 0 saturated carbocycles. The summed E-state index contributed by atoms with van der Waals surface area (Å²) in [6, 6.07) is 3.45.